The standard InChI is InChI=1S/C20H15N3O3/c24-19(17-8-4-5-9-18(17)20(25)26)21-14-10-12-16(13-11-14)23-22-15-6-2-1-3-7-15/h1-13H,(H,21,24)(H,25,26)/p-1. The van der Waals surface area contributed by atoms with Crippen molar-refractivity contribution < 1.29 is 14.7 Å². The predicted octanol–water partition coefficient (Wildman–Crippen LogP) is 3.72. The number of carboxylic acid groups (broad SMARTS) is 1. The number of anilines is 1. The van der Waals surface area contributed by atoms with Crippen LogP contribution in [0.2, 0.25) is 0 Å². The number of nitrogens with one attached hydrogen (secondary N) is 1. The molecule has 0 aliphatic rings. The molecule has 3 rings (SSSR count). The van der Waals surface area contributed by atoms with Gasteiger partial charge in [0.15, 0.2) is 0 Å². The van der Waals surface area contributed by atoms with Crippen molar-refractivity contribution in [3.05, 3.63) is 90.0 Å². The zero-order chi connectivity index (χ0) is 18.4. The van der Waals surface area contributed by atoms with Crippen LogP contribution >= 0.6 is 0 Å². The molecule has 3 aromatic rings. The molecule has 0 atom stereocenters. The van der Waals surface area contributed by atoms with Crippen LogP contribution in [-0.2, 0) is 0 Å². The zero-order valence-electron chi connectivity index (χ0n) is 13.6. The predicted molar refractivity (Wildman–Crippen MR) is 95.8 cm³/mol. The lowest BCUT2D eigenvalue weighted by molar-refractivity contribution is -0.255. The topological polar surface area (TPSA) is 93.9 Å². The van der Waals surface area contributed by atoms with E-state index in [2.05, 4.69) is 15.5 Å². The van der Waals surface area contributed by atoms with E-state index in [1.165, 1.54) is 18.2 Å². The van der Waals surface area contributed by atoms with Crippen LogP contribution in [0.15, 0.2) is 89.1 Å². The monoisotopic (exact) mass is 344 g/mol. The molecular weight excluding hydrogens is 330 g/mol. The summed E-state index contributed by atoms with van der Waals surface area (Å²) in [5, 5.41) is 22.0. The Labute approximate surface area is 149 Å². The lowest BCUT2D eigenvalue weighted by Gasteiger charge is -2.10. The summed E-state index contributed by atoms with van der Waals surface area (Å²) < 4.78 is 0. The number of rotatable bonds is 5. The van der Waals surface area contributed by atoms with Gasteiger partial charge >= 0.3 is 0 Å². The first-order chi connectivity index (χ1) is 12.6. The fraction of sp³-hybridized carbons (Fsp3) is 0. The number of benzene rings is 3. The minimum Gasteiger partial charge on any atom is -0.545 e. The van der Waals surface area contributed by atoms with Crippen molar-refractivity contribution in [1.29, 1.82) is 0 Å². The van der Waals surface area contributed by atoms with E-state index in [0.717, 1.165) is 5.69 Å². The van der Waals surface area contributed by atoms with Crippen molar-refractivity contribution in [2.24, 2.45) is 10.2 Å². The summed E-state index contributed by atoms with van der Waals surface area (Å²) in [5.41, 5.74) is 1.77. The van der Waals surface area contributed by atoms with Gasteiger partial charge in [0.25, 0.3) is 5.91 Å². The van der Waals surface area contributed by atoms with E-state index in [-0.39, 0.29) is 11.1 Å². The van der Waals surface area contributed by atoms with Crippen molar-refractivity contribution in [1.82, 2.24) is 0 Å². The van der Waals surface area contributed by atoms with Gasteiger partial charge in [-0.1, -0.05) is 36.4 Å². The number of carboxylic acids is 1. The van der Waals surface area contributed by atoms with E-state index in [1.807, 2.05) is 30.3 Å². The molecule has 6 nitrogen and oxygen atoms in total. The average Bonchev–Trinajstić information content (AvgIpc) is 2.68. The Morgan fingerprint density at radius 2 is 1.23 bits per heavy atom. The molecule has 0 aromatic heterocycles. The van der Waals surface area contributed by atoms with E-state index in [1.54, 1.807) is 30.3 Å². The van der Waals surface area contributed by atoms with Crippen molar-refractivity contribution in [2.45, 2.75) is 0 Å². The maximum Gasteiger partial charge on any atom is 0.256 e. The van der Waals surface area contributed by atoms with Gasteiger partial charge in [-0.15, -0.1) is 0 Å². The van der Waals surface area contributed by atoms with Crippen LogP contribution in [0.25, 0.3) is 0 Å². The van der Waals surface area contributed by atoms with E-state index in [4.69, 9.17) is 0 Å². The first kappa shape index (κ1) is 17.0. The molecule has 0 radical (unpaired) electrons. The van der Waals surface area contributed by atoms with Crippen LogP contribution in [0.3, 0.4) is 0 Å². The molecule has 6 heteroatoms. The number of aromatic carboxylic acids is 1. The smallest absolute Gasteiger partial charge is 0.256 e. The third-order valence-corrected chi connectivity index (χ3v) is 3.55. The number of azo groups is 1. The molecule has 0 saturated heterocycles. The highest BCUT2D eigenvalue weighted by Crippen LogP contribution is 2.20. The van der Waals surface area contributed by atoms with Gasteiger partial charge in [0.1, 0.15) is 0 Å². The van der Waals surface area contributed by atoms with Crippen LogP contribution in [-0.4, -0.2) is 11.9 Å². The molecule has 1 amide bonds. The molecule has 0 saturated carbocycles. The summed E-state index contributed by atoms with van der Waals surface area (Å²) in [7, 11) is 0. The van der Waals surface area contributed by atoms with Crippen molar-refractivity contribution in [3.63, 3.8) is 0 Å². The Balaban J connectivity index is 1.71. The van der Waals surface area contributed by atoms with E-state index < -0.39 is 11.9 Å². The number of carbonyl (C=O) groups excluding carboxylic acids is 2. The highest BCUT2D eigenvalue weighted by atomic mass is 16.4. The van der Waals surface area contributed by atoms with Gasteiger partial charge in [-0.2, -0.15) is 10.2 Å². The van der Waals surface area contributed by atoms with Gasteiger partial charge in [0.2, 0.25) is 0 Å². The van der Waals surface area contributed by atoms with Crippen LogP contribution in [0, 0.1) is 0 Å². The zero-order valence-corrected chi connectivity index (χ0v) is 13.6. The molecule has 3 aromatic carbocycles. The second kappa shape index (κ2) is 7.85. The van der Waals surface area contributed by atoms with Gasteiger partial charge in [0, 0.05) is 16.8 Å². The molecular formula is C20H14N3O3-. The normalized spacial score (nSPS) is 10.6. The number of amides is 1. The maximum atomic E-state index is 12.3. The Morgan fingerprint density at radius 1 is 0.692 bits per heavy atom. The second-order valence-electron chi connectivity index (χ2n) is 5.37. The van der Waals surface area contributed by atoms with Gasteiger partial charge in [-0.05, 0) is 42.5 Å². The number of nitrogens with zero attached hydrogens (tertiary/aromatic N) is 2. The molecule has 1 N–H and O–H groups in total. The fourth-order valence-electron chi connectivity index (χ4n) is 2.28. The summed E-state index contributed by atoms with van der Waals surface area (Å²) in [5.74, 6) is -1.92. The van der Waals surface area contributed by atoms with Gasteiger partial charge in [0.05, 0.1) is 17.3 Å². The van der Waals surface area contributed by atoms with E-state index in [0.29, 0.717) is 11.4 Å². The summed E-state index contributed by atoms with van der Waals surface area (Å²) >= 11 is 0. The molecule has 0 heterocycles. The van der Waals surface area contributed by atoms with Crippen LogP contribution in [0.1, 0.15) is 20.7 Å². The van der Waals surface area contributed by atoms with Gasteiger partial charge in [-0.3, -0.25) is 4.79 Å². The molecule has 128 valence electrons. The number of carbonyl (C=O) groups is 2. The minimum absolute atomic E-state index is 0.0420. The molecule has 0 aliphatic heterocycles. The largest absolute Gasteiger partial charge is 0.545 e. The first-order valence-corrected chi connectivity index (χ1v) is 7.82. The Kier molecular flexibility index (Phi) is 5.14. The van der Waals surface area contributed by atoms with Crippen molar-refractivity contribution >= 4 is 28.9 Å². The lowest BCUT2D eigenvalue weighted by Crippen LogP contribution is -2.26. The quantitative estimate of drug-likeness (QED) is 0.715. The molecule has 26 heavy (non-hydrogen) atoms. The lowest BCUT2D eigenvalue weighted by atomic mass is 10.1. The summed E-state index contributed by atoms with van der Waals surface area (Å²) in [6.45, 7) is 0. The highest BCUT2D eigenvalue weighted by molar-refractivity contribution is 6.10. The molecule has 0 fully saturated rings. The third kappa shape index (κ3) is 4.18. The SMILES string of the molecule is O=C([O-])c1ccccc1C(=O)Nc1ccc(N=Nc2ccccc2)cc1. The minimum atomic E-state index is -1.40. The van der Waals surface area contributed by atoms with Crippen LogP contribution < -0.4 is 10.4 Å². The summed E-state index contributed by atoms with van der Waals surface area (Å²) in [6, 6.07) is 21.9. The maximum absolute atomic E-state index is 12.3. The third-order valence-electron chi connectivity index (χ3n) is 3.55. The molecule has 0 bridgehead atoms. The Morgan fingerprint density at radius 3 is 1.85 bits per heavy atom. The van der Waals surface area contributed by atoms with E-state index in [9.17, 15) is 14.7 Å². The van der Waals surface area contributed by atoms with Gasteiger partial charge in [-0.25, -0.2) is 0 Å². The van der Waals surface area contributed by atoms with Crippen molar-refractivity contribution in [3.8, 4) is 0 Å². The molecule has 0 aliphatic carbocycles. The average molecular weight is 344 g/mol. The van der Waals surface area contributed by atoms with Crippen LogP contribution in [0.4, 0.5) is 17.1 Å². The molecule has 0 spiro atoms. The summed E-state index contributed by atoms with van der Waals surface area (Å²) in [6.07, 6.45) is 0. The summed E-state index contributed by atoms with van der Waals surface area (Å²) in [4.78, 5) is 23.4. The highest BCUT2D eigenvalue weighted by Gasteiger charge is 2.11. The van der Waals surface area contributed by atoms with Gasteiger partial charge < -0.3 is 15.2 Å². The number of hydrogen-bond acceptors (Lipinski definition) is 5. The molecule has 0 unspecified atom stereocenters. The van der Waals surface area contributed by atoms with E-state index >= 15 is 0 Å². The number of hydrogen-bond donors (Lipinski definition) is 1. The Bertz CT molecular complexity index is 952. The van der Waals surface area contributed by atoms with Crippen molar-refractivity contribution in [2.75, 3.05) is 5.32 Å². The Hall–Kier alpha value is -3.80. The first-order valence-electron chi connectivity index (χ1n) is 7.82. The second-order valence-corrected chi connectivity index (χ2v) is 5.37. The fourth-order valence-corrected chi connectivity index (χ4v) is 2.28. The van der Waals surface area contributed by atoms with Crippen LogP contribution in [0.5, 0.6) is 0 Å².